The van der Waals surface area contributed by atoms with Crippen LogP contribution < -0.4 is 9.80 Å². The van der Waals surface area contributed by atoms with Crippen molar-refractivity contribution in [1.82, 2.24) is 19.2 Å². The number of nitrogens with zero attached hydrogens (tertiary/aromatic N) is 6. The maximum absolute atomic E-state index is 13.3. The van der Waals surface area contributed by atoms with Gasteiger partial charge in [0.15, 0.2) is 0 Å². The van der Waals surface area contributed by atoms with Crippen LogP contribution in [0.3, 0.4) is 0 Å². The van der Waals surface area contributed by atoms with Crippen molar-refractivity contribution in [2.45, 2.75) is 37.5 Å². The third kappa shape index (κ3) is 4.72. The molecule has 5 rings (SSSR count). The second kappa shape index (κ2) is 9.19. The van der Waals surface area contributed by atoms with Crippen molar-refractivity contribution < 1.29 is 8.42 Å². The summed E-state index contributed by atoms with van der Waals surface area (Å²) in [5.41, 5.74) is 3.45. The molecule has 8 nitrogen and oxygen atoms in total. The SMILES string of the molecule is Cc1cc(N2CCN(C)CC2)nc(N2CCN(S(=O)(=O)c3ccc4c(c3)CCCC4)CC2)n1. The van der Waals surface area contributed by atoms with E-state index < -0.39 is 10.0 Å². The zero-order chi connectivity index (χ0) is 23.0. The van der Waals surface area contributed by atoms with Gasteiger partial charge in [0, 0.05) is 64.1 Å². The molecule has 9 heteroatoms. The van der Waals surface area contributed by atoms with Crippen molar-refractivity contribution in [1.29, 1.82) is 0 Å². The molecule has 0 radical (unpaired) electrons. The van der Waals surface area contributed by atoms with E-state index in [1.165, 1.54) is 17.5 Å². The Labute approximate surface area is 197 Å². The van der Waals surface area contributed by atoms with E-state index in [1.54, 1.807) is 10.4 Å². The molecular weight excluding hydrogens is 436 g/mol. The topological polar surface area (TPSA) is 72.9 Å². The Hall–Kier alpha value is -2.23. The first-order valence-corrected chi connectivity index (χ1v) is 13.5. The van der Waals surface area contributed by atoms with Gasteiger partial charge in [-0.2, -0.15) is 9.29 Å². The number of anilines is 2. The van der Waals surface area contributed by atoms with Crippen molar-refractivity contribution in [2.75, 3.05) is 69.2 Å². The van der Waals surface area contributed by atoms with Crippen LogP contribution in [0.2, 0.25) is 0 Å². The molecule has 3 aliphatic rings. The number of likely N-dealkylation sites (N-methyl/N-ethyl adjacent to an activating group) is 1. The lowest BCUT2D eigenvalue weighted by Gasteiger charge is -2.36. The van der Waals surface area contributed by atoms with E-state index >= 15 is 0 Å². The number of aromatic nitrogens is 2. The second-order valence-electron chi connectivity index (χ2n) is 9.49. The van der Waals surface area contributed by atoms with Crippen LogP contribution in [0.15, 0.2) is 29.2 Å². The van der Waals surface area contributed by atoms with Crippen LogP contribution in [-0.2, 0) is 22.9 Å². The summed E-state index contributed by atoms with van der Waals surface area (Å²) in [4.78, 5) is 16.7. The van der Waals surface area contributed by atoms with Gasteiger partial charge in [0.1, 0.15) is 5.82 Å². The Morgan fingerprint density at radius 3 is 2.18 bits per heavy atom. The fourth-order valence-corrected chi connectivity index (χ4v) is 6.50. The lowest BCUT2D eigenvalue weighted by Crippen LogP contribution is -2.49. The van der Waals surface area contributed by atoms with Crippen molar-refractivity contribution in [3.05, 3.63) is 41.1 Å². The minimum Gasteiger partial charge on any atom is -0.354 e. The summed E-state index contributed by atoms with van der Waals surface area (Å²) in [7, 11) is -1.34. The van der Waals surface area contributed by atoms with Gasteiger partial charge in [0.05, 0.1) is 4.90 Å². The van der Waals surface area contributed by atoms with Crippen LogP contribution in [-0.4, -0.2) is 87.0 Å². The number of benzene rings is 1. The Kier molecular flexibility index (Phi) is 6.28. The van der Waals surface area contributed by atoms with E-state index in [1.807, 2.05) is 25.1 Å². The maximum Gasteiger partial charge on any atom is 0.243 e. The highest BCUT2D eigenvalue weighted by Crippen LogP contribution is 2.27. The van der Waals surface area contributed by atoms with Gasteiger partial charge in [0.25, 0.3) is 0 Å². The first-order valence-electron chi connectivity index (χ1n) is 12.1. The molecule has 0 amide bonds. The predicted octanol–water partition coefficient (Wildman–Crippen LogP) is 1.93. The number of aryl methyl sites for hydroxylation is 3. The fourth-order valence-electron chi connectivity index (χ4n) is 5.02. The van der Waals surface area contributed by atoms with Crippen LogP contribution in [0, 0.1) is 6.92 Å². The zero-order valence-electron chi connectivity index (χ0n) is 19.7. The predicted molar refractivity (Wildman–Crippen MR) is 131 cm³/mol. The third-order valence-electron chi connectivity index (χ3n) is 7.14. The molecule has 1 aromatic heterocycles. The molecule has 178 valence electrons. The molecule has 2 fully saturated rings. The summed E-state index contributed by atoms with van der Waals surface area (Å²) < 4.78 is 28.3. The molecule has 0 saturated carbocycles. The zero-order valence-corrected chi connectivity index (χ0v) is 20.5. The van der Waals surface area contributed by atoms with Crippen molar-refractivity contribution in [2.24, 2.45) is 0 Å². The van der Waals surface area contributed by atoms with Crippen LogP contribution in [0.1, 0.15) is 29.7 Å². The third-order valence-corrected chi connectivity index (χ3v) is 9.03. The van der Waals surface area contributed by atoms with E-state index in [9.17, 15) is 8.42 Å². The molecule has 0 N–H and O–H groups in total. The summed E-state index contributed by atoms with van der Waals surface area (Å²) in [6.07, 6.45) is 4.37. The average molecular weight is 471 g/mol. The first kappa shape index (κ1) is 22.6. The molecule has 0 atom stereocenters. The molecule has 0 bridgehead atoms. The van der Waals surface area contributed by atoms with Gasteiger partial charge in [-0.05, 0) is 62.9 Å². The minimum atomic E-state index is -3.49. The molecular formula is C24H34N6O2S. The molecule has 2 saturated heterocycles. The van der Waals surface area contributed by atoms with Crippen molar-refractivity contribution in [3.8, 4) is 0 Å². The summed E-state index contributed by atoms with van der Waals surface area (Å²) in [6, 6.07) is 7.75. The summed E-state index contributed by atoms with van der Waals surface area (Å²) in [5.74, 6) is 1.67. The molecule has 1 aliphatic carbocycles. The van der Waals surface area contributed by atoms with Crippen molar-refractivity contribution >= 4 is 21.8 Å². The van der Waals surface area contributed by atoms with Gasteiger partial charge >= 0.3 is 0 Å². The summed E-state index contributed by atoms with van der Waals surface area (Å²) >= 11 is 0. The highest BCUT2D eigenvalue weighted by molar-refractivity contribution is 7.89. The number of fused-ring (bicyclic) bond motifs is 1. The van der Waals surface area contributed by atoms with E-state index in [4.69, 9.17) is 4.98 Å². The number of hydrogen-bond donors (Lipinski definition) is 0. The number of sulfonamides is 1. The number of piperazine rings is 2. The second-order valence-corrected chi connectivity index (χ2v) is 11.4. The lowest BCUT2D eigenvalue weighted by atomic mass is 9.92. The number of hydrogen-bond acceptors (Lipinski definition) is 7. The first-order chi connectivity index (χ1) is 15.9. The van der Waals surface area contributed by atoms with E-state index in [-0.39, 0.29) is 0 Å². The van der Waals surface area contributed by atoms with Crippen LogP contribution in [0.25, 0.3) is 0 Å². The lowest BCUT2D eigenvalue weighted by molar-refractivity contribution is 0.312. The molecule has 33 heavy (non-hydrogen) atoms. The van der Waals surface area contributed by atoms with E-state index in [2.05, 4.69) is 26.7 Å². The van der Waals surface area contributed by atoms with Gasteiger partial charge in [-0.25, -0.2) is 13.4 Å². The number of rotatable bonds is 4. The Bertz CT molecular complexity index is 1110. The normalized spacial score (nSPS) is 20.7. The van der Waals surface area contributed by atoms with Gasteiger partial charge < -0.3 is 14.7 Å². The molecule has 1 aromatic carbocycles. The molecule has 2 aliphatic heterocycles. The Morgan fingerprint density at radius 1 is 0.788 bits per heavy atom. The van der Waals surface area contributed by atoms with Gasteiger partial charge in [-0.15, -0.1) is 0 Å². The fraction of sp³-hybridized carbons (Fsp3) is 0.583. The Balaban J connectivity index is 1.28. The van der Waals surface area contributed by atoms with Crippen LogP contribution >= 0.6 is 0 Å². The standard InChI is InChI=1S/C24H34N6O2S/c1-19-17-23(28-11-9-27(2)10-12-28)26-24(25-19)29-13-15-30(16-14-29)33(31,32)22-8-7-20-5-3-4-6-21(20)18-22/h7-8,17-18H,3-6,9-16H2,1-2H3. The summed E-state index contributed by atoms with van der Waals surface area (Å²) in [6.45, 7) is 8.04. The van der Waals surface area contributed by atoms with Gasteiger partial charge in [-0.1, -0.05) is 6.07 Å². The van der Waals surface area contributed by atoms with Gasteiger partial charge in [-0.3, -0.25) is 0 Å². The molecule has 0 unspecified atom stereocenters. The van der Waals surface area contributed by atoms with E-state index in [0.29, 0.717) is 37.0 Å². The summed E-state index contributed by atoms with van der Waals surface area (Å²) in [5, 5.41) is 0. The highest BCUT2D eigenvalue weighted by atomic mass is 32.2. The van der Waals surface area contributed by atoms with Crippen LogP contribution in [0.4, 0.5) is 11.8 Å². The molecule has 0 spiro atoms. The smallest absolute Gasteiger partial charge is 0.243 e. The Morgan fingerprint density at radius 2 is 1.45 bits per heavy atom. The minimum absolute atomic E-state index is 0.431. The molecule has 2 aromatic rings. The molecule has 3 heterocycles. The quantitative estimate of drug-likeness (QED) is 0.676. The largest absolute Gasteiger partial charge is 0.354 e. The van der Waals surface area contributed by atoms with Crippen molar-refractivity contribution in [3.63, 3.8) is 0 Å². The highest BCUT2D eigenvalue weighted by Gasteiger charge is 2.30. The maximum atomic E-state index is 13.3. The monoisotopic (exact) mass is 470 g/mol. The van der Waals surface area contributed by atoms with E-state index in [0.717, 1.165) is 57.0 Å². The van der Waals surface area contributed by atoms with Crippen LogP contribution in [0.5, 0.6) is 0 Å². The van der Waals surface area contributed by atoms with Gasteiger partial charge in [0.2, 0.25) is 16.0 Å². The average Bonchev–Trinajstić information content (AvgIpc) is 2.84.